The average molecular weight is 780 g/mol. The van der Waals surface area contributed by atoms with Gasteiger partial charge in [-0.1, -0.05) is 39.8 Å². The van der Waals surface area contributed by atoms with E-state index in [2.05, 4.69) is 35.6 Å². The molecule has 1 unspecified atom stereocenters. The number of hydrogen-bond acceptors (Lipinski definition) is 9. The van der Waals surface area contributed by atoms with Crippen LogP contribution in [0.2, 0.25) is 0 Å². The number of nitrogens with zero attached hydrogens (tertiary/aromatic N) is 4. The van der Waals surface area contributed by atoms with Gasteiger partial charge in [0.05, 0.1) is 50.1 Å². The summed E-state index contributed by atoms with van der Waals surface area (Å²) < 4.78 is 9.51. The fourth-order valence-corrected chi connectivity index (χ4v) is 8.00. The van der Waals surface area contributed by atoms with Crippen LogP contribution in [0.3, 0.4) is 0 Å². The van der Waals surface area contributed by atoms with E-state index >= 15 is 0 Å². The smallest absolute Gasteiger partial charge is 0.407 e. The first kappa shape index (κ1) is 39.1. The summed E-state index contributed by atoms with van der Waals surface area (Å²) in [7, 11) is 2.54. The van der Waals surface area contributed by atoms with Gasteiger partial charge < -0.3 is 44.9 Å². The molecule has 2 aliphatic heterocycles. The molecular formula is C41H49N9O7. The Balaban J connectivity index is 1.13. The van der Waals surface area contributed by atoms with Gasteiger partial charge in [0, 0.05) is 46.0 Å². The van der Waals surface area contributed by atoms with Gasteiger partial charge >= 0.3 is 12.2 Å². The summed E-state index contributed by atoms with van der Waals surface area (Å²) in [5.41, 5.74) is 4.17. The van der Waals surface area contributed by atoms with Crippen LogP contribution in [0.1, 0.15) is 77.1 Å². The molecule has 57 heavy (non-hydrogen) atoms. The Labute approximate surface area is 329 Å². The van der Waals surface area contributed by atoms with Crippen molar-refractivity contribution in [2.45, 2.75) is 77.5 Å². The van der Waals surface area contributed by atoms with Gasteiger partial charge in [-0.15, -0.1) is 0 Å². The minimum absolute atomic E-state index is 0.141. The topological polar surface area (TPSA) is 207 Å². The van der Waals surface area contributed by atoms with Crippen molar-refractivity contribution < 1.29 is 28.7 Å². The van der Waals surface area contributed by atoms with E-state index in [4.69, 9.17) is 9.47 Å². The molecule has 0 radical (unpaired) electrons. The normalized spacial score (nSPS) is 18.0. The lowest BCUT2D eigenvalue weighted by Crippen LogP contribution is -2.51. The molecule has 3 aromatic heterocycles. The molecule has 5 aromatic rings. The first-order valence-corrected chi connectivity index (χ1v) is 19.4. The molecule has 16 nitrogen and oxygen atoms in total. The summed E-state index contributed by atoms with van der Waals surface area (Å²) in [5.74, 6) is 0.598. The molecule has 2 aromatic carbocycles. The molecule has 0 saturated carbocycles. The van der Waals surface area contributed by atoms with Gasteiger partial charge in [-0.3, -0.25) is 14.4 Å². The van der Waals surface area contributed by atoms with Crippen LogP contribution in [-0.2, 0) is 19.1 Å². The predicted octanol–water partition coefficient (Wildman–Crippen LogP) is 5.55. The Morgan fingerprint density at radius 2 is 1.11 bits per heavy atom. The third-order valence-corrected chi connectivity index (χ3v) is 11.1. The molecule has 4 amide bonds. The van der Waals surface area contributed by atoms with Crippen LogP contribution >= 0.6 is 0 Å². The number of H-pyrrole nitrogens is 3. The number of imidazole rings is 2. The molecule has 16 heteroatoms. The van der Waals surface area contributed by atoms with Crippen LogP contribution in [0.5, 0.6) is 0 Å². The summed E-state index contributed by atoms with van der Waals surface area (Å²) in [4.78, 5) is 88.4. The van der Waals surface area contributed by atoms with Crippen LogP contribution in [0.25, 0.3) is 44.3 Å². The van der Waals surface area contributed by atoms with Crippen LogP contribution in [0.4, 0.5) is 9.59 Å². The second-order valence-electron chi connectivity index (χ2n) is 15.4. The van der Waals surface area contributed by atoms with Crippen molar-refractivity contribution in [3.8, 4) is 22.5 Å². The lowest BCUT2D eigenvalue weighted by molar-refractivity contribution is -0.136. The van der Waals surface area contributed by atoms with Crippen LogP contribution in [-0.4, -0.2) is 98.1 Å². The van der Waals surface area contributed by atoms with E-state index < -0.39 is 24.3 Å². The molecule has 5 heterocycles. The maximum atomic E-state index is 14.1. The molecule has 300 valence electrons. The largest absolute Gasteiger partial charge is 0.453 e. The SMILES string of the molecule is COC(=O)NC(C(=O)N1CCC[C@H]1c1ncc(-c2ccc3[nH]c4ccc(-c5cnc([C@@H]6CCCN6C(=O)[C@@H](NC(=O)OC)C(C)C)[nH]5)cc4c(=O)c3c2)[nH]1)C(C)C. The van der Waals surface area contributed by atoms with Gasteiger partial charge in [-0.05, 0) is 61.8 Å². The first-order chi connectivity index (χ1) is 27.4. The summed E-state index contributed by atoms with van der Waals surface area (Å²) in [6.45, 7) is 8.59. The maximum absolute atomic E-state index is 14.1. The van der Waals surface area contributed by atoms with Gasteiger partial charge in [-0.2, -0.15) is 0 Å². The predicted molar refractivity (Wildman–Crippen MR) is 213 cm³/mol. The Hall–Kier alpha value is -6.19. The Morgan fingerprint density at radius 1 is 0.684 bits per heavy atom. The zero-order chi connectivity index (χ0) is 40.5. The fourth-order valence-electron chi connectivity index (χ4n) is 8.00. The van der Waals surface area contributed by atoms with E-state index in [1.807, 2.05) is 64.1 Å². The molecule has 2 aliphatic rings. The number of hydrogen-bond donors (Lipinski definition) is 5. The van der Waals surface area contributed by atoms with E-state index in [0.29, 0.717) is 57.9 Å². The summed E-state index contributed by atoms with van der Waals surface area (Å²) >= 11 is 0. The molecule has 2 saturated heterocycles. The quantitative estimate of drug-likeness (QED) is 0.113. The highest BCUT2D eigenvalue weighted by Crippen LogP contribution is 2.35. The molecule has 0 bridgehead atoms. The Morgan fingerprint density at radius 3 is 1.49 bits per heavy atom. The zero-order valence-electron chi connectivity index (χ0n) is 33.0. The number of likely N-dealkylation sites (tertiary alicyclic amines) is 2. The van der Waals surface area contributed by atoms with E-state index in [0.717, 1.165) is 36.8 Å². The van der Waals surface area contributed by atoms with Gasteiger partial charge in [-0.25, -0.2) is 19.6 Å². The molecule has 4 atom stereocenters. The monoisotopic (exact) mass is 779 g/mol. The number of fused-ring (bicyclic) bond motifs is 2. The second-order valence-corrected chi connectivity index (χ2v) is 15.4. The number of benzene rings is 2. The number of amides is 4. The molecule has 5 N–H and O–H groups in total. The van der Waals surface area contributed by atoms with E-state index in [-0.39, 0.29) is 41.2 Å². The highest BCUT2D eigenvalue weighted by Gasteiger charge is 2.39. The minimum Gasteiger partial charge on any atom is -0.453 e. The third-order valence-electron chi connectivity index (χ3n) is 11.1. The second kappa shape index (κ2) is 16.1. The van der Waals surface area contributed by atoms with Crippen molar-refractivity contribution in [2.75, 3.05) is 27.3 Å². The van der Waals surface area contributed by atoms with E-state index in [1.165, 1.54) is 14.2 Å². The van der Waals surface area contributed by atoms with Crippen LogP contribution in [0.15, 0.2) is 53.6 Å². The summed E-state index contributed by atoms with van der Waals surface area (Å²) in [6, 6.07) is 9.19. The number of aromatic nitrogens is 5. The van der Waals surface area contributed by atoms with Crippen LogP contribution in [0, 0.1) is 11.8 Å². The zero-order valence-corrected chi connectivity index (χ0v) is 33.0. The van der Waals surface area contributed by atoms with Crippen molar-refractivity contribution in [1.29, 1.82) is 0 Å². The van der Waals surface area contributed by atoms with E-state index in [1.54, 1.807) is 22.2 Å². The average Bonchev–Trinajstić information content (AvgIpc) is 4.05. The number of carbonyl (C=O) groups is 4. The minimum atomic E-state index is -0.737. The highest BCUT2D eigenvalue weighted by molar-refractivity contribution is 5.96. The molecule has 0 spiro atoms. The molecule has 7 rings (SSSR count). The lowest BCUT2D eigenvalue weighted by Gasteiger charge is -2.30. The lowest BCUT2D eigenvalue weighted by atomic mass is 10.0. The number of methoxy groups -OCH3 is 2. The van der Waals surface area contributed by atoms with Crippen molar-refractivity contribution >= 4 is 45.8 Å². The number of alkyl carbamates (subject to hydrolysis) is 2. The number of aromatic amines is 3. The van der Waals surface area contributed by atoms with Crippen LogP contribution < -0.4 is 16.1 Å². The fraction of sp³-hybridized carbons (Fsp3) is 0.439. The number of pyridine rings is 1. The number of ether oxygens (including phenoxy) is 2. The number of carbonyl (C=O) groups excluding carboxylic acids is 4. The van der Waals surface area contributed by atoms with Crippen molar-refractivity contribution in [3.63, 3.8) is 0 Å². The van der Waals surface area contributed by atoms with Gasteiger partial charge in [0.1, 0.15) is 23.7 Å². The third kappa shape index (κ3) is 7.67. The van der Waals surface area contributed by atoms with E-state index in [9.17, 15) is 24.0 Å². The van der Waals surface area contributed by atoms with Crippen molar-refractivity contribution in [3.05, 3.63) is 70.7 Å². The first-order valence-electron chi connectivity index (χ1n) is 19.4. The molecular weight excluding hydrogens is 731 g/mol. The standard InChI is InChI=1S/C41H49N9O7/c1-21(2)33(47-40(54)56-5)38(52)49-15-7-9-31(49)36-42-19-29(45-36)23-11-13-27-25(17-23)35(51)26-18-24(12-14-28(26)44-27)30-20-43-37(46-30)32-10-8-16-50(32)39(53)34(22(3)4)48-41(55)57-6/h11-14,17-22,31-34H,7-10,15-16H2,1-6H3,(H,42,45)(H,43,46)(H,44,51)(H,47,54)(H,48,55)/t31-,32-,33-,34?/m0/s1. The van der Waals surface area contributed by atoms with Gasteiger partial charge in [0.2, 0.25) is 11.8 Å². The molecule has 2 fully saturated rings. The number of nitrogens with one attached hydrogen (secondary N) is 5. The number of rotatable bonds is 10. The molecule has 0 aliphatic carbocycles. The van der Waals surface area contributed by atoms with Gasteiger partial charge in [0.25, 0.3) is 0 Å². The summed E-state index contributed by atoms with van der Waals surface area (Å²) in [6.07, 6.45) is 5.14. The summed E-state index contributed by atoms with van der Waals surface area (Å²) in [5, 5.41) is 6.36. The van der Waals surface area contributed by atoms with Gasteiger partial charge in [0.15, 0.2) is 5.43 Å². The maximum Gasteiger partial charge on any atom is 0.407 e. The van der Waals surface area contributed by atoms with Crippen molar-refractivity contribution in [1.82, 2.24) is 45.4 Å². The highest BCUT2D eigenvalue weighted by atomic mass is 16.5. The van der Waals surface area contributed by atoms with Crippen molar-refractivity contribution in [2.24, 2.45) is 11.8 Å². The Kier molecular flexibility index (Phi) is 11.0. The Bertz CT molecular complexity index is 2220.